The van der Waals surface area contributed by atoms with E-state index >= 15 is 0 Å². The number of carbonyl (C=O) groups is 1. The van der Waals surface area contributed by atoms with Crippen molar-refractivity contribution in [1.82, 2.24) is 10.0 Å². The van der Waals surface area contributed by atoms with E-state index in [-0.39, 0.29) is 11.7 Å². The van der Waals surface area contributed by atoms with Gasteiger partial charge >= 0.3 is 0 Å². The molecule has 0 fully saturated rings. The Morgan fingerprint density at radius 1 is 1.63 bits per heavy atom. The number of pyridine rings is 1. The maximum atomic E-state index is 12.1. The number of hydrogen-bond donors (Lipinski definition) is 2. The van der Waals surface area contributed by atoms with Crippen molar-refractivity contribution in [1.29, 1.82) is 0 Å². The Kier molecular flexibility index (Phi) is 4.15. The van der Waals surface area contributed by atoms with Crippen LogP contribution in [0.25, 0.3) is 6.08 Å². The monoisotopic (exact) mass is 262 g/mol. The average Bonchev–Trinajstić information content (AvgIpc) is 2.92. The lowest BCUT2D eigenvalue weighted by Crippen LogP contribution is -2.27. The van der Waals surface area contributed by atoms with Crippen LogP contribution in [0.3, 0.4) is 0 Å². The van der Waals surface area contributed by atoms with Crippen LogP contribution in [-0.2, 0) is 16.1 Å². The highest BCUT2D eigenvalue weighted by molar-refractivity contribution is 5.90. The van der Waals surface area contributed by atoms with Crippen LogP contribution < -0.4 is 11.0 Å². The SMILES string of the molecule is O=C(/C=C/c1cccn(CC2CC=CO2)c1=O)NO. The summed E-state index contributed by atoms with van der Waals surface area (Å²) in [5.74, 6) is -0.682. The zero-order valence-electron chi connectivity index (χ0n) is 10.2. The predicted octanol–water partition coefficient (Wildman–Crippen LogP) is 0.669. The van der Waals surface area contributed by atoms with Gasteiger partial charge in [0.05, 0.1) is 12.8 Å². The number of ether oxygens (including phenoxy) is 1. The minimum Gasteiger partial charge on any atom is -0.496 e. The highest BCUT2D eigenvalue weighted by atomic mass is 16.5. The molecule has 19 heavy (non-hydrogen) atoms. The van der Waals surface area contributed by atoms with Crippen molar-refractivity contribution in [2.75, 3.05) is 0 Å². The summed E-state index contributed by atoms with van der Waals surface area (Å²) in [6.07, 6.45) is 8.41. The number of rotatable bonds is 4. The first kappa shape index (κ1) is 13.1. The zero-order chi connectivity index (χ0) is 13.7. The number of amides is 1. The summed E-state index contributed by atoms with van der Waals surface area (Å²) in [4.78, 5) is 23.0. The summed E-state index contributed by atoms with van der Waals surface area (Å²) >= 11 is 0. The minimum atomic E-state index is -0.682. The molecule has 2 heterocycles. The molecule has 1 unspecified atom stereocenters. The van der Waals surface area contributed by atoms with Gasteiger partial charge < -0.3 is 9.30 Å². The van der Waals surface area contributed by atoms with Gasteiger partial charge in [0.15, 0.2) is 0 Å². The van der Waals surface area contributed by atoms with E-state index in [4.69, 9.17) is 9.94 Å². The molecule has 0 radical (unpaired) electrons. The van der Waals surface area contributed by atoms with Crippen molar-refractivity contribution >= 4 is 12.0 Å². The summed E-state index contributed by atoms with van der Waals surface area (Å²) in [5, 5.41) is 8.37. The van der Waals surface area contributed by atoms with E-state index in [9.17, 15) is 9.59 Å². The highest BCUT2D eigenvalue weighted by Crippen LogP contribution is 2.10. The average molecular weight is 262 g/mol. The first-order valence-electron chi connectivity index (χ1n) is 5.83. The van der Waals surface area contributed by atoms with Crippen molar-refractivity contribution in [3.8, 4) is 0 Å². The Balaban J connectivity index is 2.15. The fraction of sp³-hybridized carbons (Fsp3) is 0.231. The Hall–Kier alpha value is -2.34. The fourth-order valence-electron chi connectivity index (χ4n) is 1.80. The summed E-state index contributed by atoms with van der Waals surface area (Å²) in [7, 11) is 0. The van der Waals surface area contributed by atoms with E-state index in [1.165, 1.54) is 16.1 Å². The van der Waals surface area contributed by atoms with Gasteiger partial charge in [0.1, 0.15) is 6.10 Å². The second-order valence-electron chi connectivity index (χ2n) is 4.10. The lowest BCUT2D eigenvalue weighted by atomic mass is 10.2. The molecule has 0 aliphatic carbocycles. The second kappa shape index (κ2) is 6.01. The molecule has 1 aliphatic rings. The van der Waals surface area contributed by atoms with Crippen LogP contribution in [0.2, 0.25) is 0 Å². The largest absolute Gasteiger partial charge is 0.496 e. The van der Waals surface area contributed by atoms with E-state index in [1.807, 2.05) is 6.08 Å². The number of aromatic nitrogens is 1. The number of nitrogens with one attached hydrogen (secondary N) is 1. The molecule has 2 N–H and O–H groups in total. The molecule has 0 saturated heterocycles. The number of carbonyl (C=O) groups excluding carboxylic acids is 1. The third-order valence-corrected chi connectivity index (χ3v) is 2.74. The van der Waals surface area contributed by atoms with E-state index in [0.29, 0.717) is 12.1 Å². The summed E-state index contributed by atoms with van der Waals surface area (Å²) in [5.41, 5.74) is 1.63. The van der Waals surface area contributed by atoms with E-state index in [1.54, 1.807) is 24.6 Å². The van der Waals surface area contributed by atoms with Crippen molar-refractivity contribution in [2.24, 2.45) is 0 Å². The molecule has 0 saturated carbocycles. The first-order chi connectivity index (χ1) is 9.20. The molecule has 100 valence electrons. The van der Waals surface area contributed by atoms with Gasteiger partial charge in [0.2, 0.25) is 0 Å². The first-order valence-corrected chi connectivity index (χ1v) is 5.83. The molecule has 0 aromatic carbocycles. The molecular weight excluding hydrogens is 248 g/mol. The molecule has 2 rings (SSSR count). The Morgan fingerprint density at radius 3 is 3.16 bits per heavy atom. The summed E-state index contributed by atoms with van der Waals surface area (Å²) in [6.45, 7) is 0.458. The van der Waals surface area contributed by atoms with Crippen LogP contribution in [-0.4, -0.2) is 21.8 Å². The quantitative estimate of drug-likeness (QED) is 0.475. The predicted molar refractivity (Wildman–Crippen MR) is 68.3 cm³/mol. The maximum absolute atomic E-state index is 12.1. The van der Waals surface area contributed by atoms with Crippen LogP contribution in [0.1, 0.15) is 12.0 Å². The standard InChI is InChI=1S/C13H14N2O4/c16-12(14-18)6-5-10-3-1-7-15(13(10)17)9-11-4-2-8-19-11/h1-3,5-8,11,18H,4,9H2,(H,14,16)/b6-5+. The number of hydroxylamine groups is 1. The molecule has 0 bridgehead atoms. The van der Waals surface area contributed by atoms with E-state index < -0.39 is 5.91 Å². The fourth-order valence-corrected chi connectivity index (χ4v) is 1.80. The molecule has 1 aromatic rings. The van der Waals surface area contributed by atoms with Gasteiger partial charge in [-0.15, -0.1) is 0 Å². The van der Waals surface area contributed by atoms with Crippen molar-refractivity contribution in [3.63, 3.8) is 0 Å². The third kappa shape index (κ3) is 3.32. The van der Waals surface area contributed by atoms with Gasteiger partial charge in [0.25, 0.3) is 11.5 Å². The lowest BCUT2D eigenvalue weighted by molar-refractivity contribution is -0.124. The van der Waals surface area contributed by atoms with Gasteiger partial charge in [-0.3, -0.25) is 14.8 Å². The molecule has 1 atom stereocenters. The second-order valence-corrected chi connectivity index (χ2v) is 4.10. The molecular formula is C13H14N2O4. The number of nitrogens with zero attached hydrogens (tertiary/aromatic N) is 1. The minimum absolute atomic E-state index is 0.0299. The molecule has 1 aliphatic heterocycles. The normalized spacial score (nSPS) is 17.6. The van der Waals surface area contributed by atoms with Gasteiger partial charge in [0, 0.05) is 24.3 Å². The summed E-state index contributed by atoms with van der Waals surface area (Å²) in [6, 6.07) is 3.33. The molecule has 6 heteroatoms. The van der Waals surface area contributed by atoms with Gasteiger partial charge in [-0.1, -0.05) is 0 Å². The van der Waals surface area contributed by atoms with Crippen molar-refractivity contribution < 1.29 is 14.7 Å². The molecule has 0 spiro atoms. The van der Waals surface area contributed by atoms with E-state index in [0.717, 1.165) is 12.5 Å². The van der Waals surface area contributed by atoms with Crippen LogP contribution in [0.5, 0.6) is 0 Å². The third-order valence-electron chi connectivity index (χ3n) is 2.74. The lowest BCUT2D eigenvalue weighted by Gasteiger charge is -2.12. The van der Waals surface area contributed by atoms with Crippen LogP contribution >= 0.6 is 0 Å². The van der Waals surface area contributed by atoms with Crippen LogP contribution in [0.4, 0.5) is 0 Å². The smallest absolute Gasteiger partial charge is 0.267 e. The molecule has 1 aromatic heterocycles. The zero-order valence-corrected chi connectivity index (χ0v) is 10.2. The van der Waals surface area contributed by atoms with Gasteiger partial charge in [-0.2, -0.15) is 0 Å². The van der Waals surface area contributed by atoms with E-state index in [2.05, 4.69) is 0 Å². The number of hydrogen-bond acceptors (Lipinski definition) is 4. The van der Waals surface area contributed by atoms with Crippen molar-refractivity contribution in [2.45, 2.75) is 19.1 Å². The topological polar surface area (TPSA) is 80.6 Å². The van der Waals surface area contributed by atoms with Gasteiger partial charge in [-0.05, 0) is 24.3 Å². The van der Waals surface area contributed by atoms with Gasteiger partial charge in [-0.25, -0.2) is 5.48 Å². The molecule has 1 amide bonds. The Bertz CT molecular complexity index is 566. The van der Waals surface area contributed by atoms with Crippen molar-refractivity contribution in [3.05, 3.63) is 52.7 Å². The van der Waals surface area contributed by atoms with Crippen LogP contribution in [0, 0.1) is 0 Å². The maximum Gasteiger partial charge on any atom is 0.267 e. The van der Waals surface area contributed by atoms with Crippen LogP contribution in [0.15, 0.2) is 41.5 Å². The Labute approximate surface area is 109 Å². The summed E-state index contributed by atoms with van der Waals surface area (Å²) < 4.78 is 6.85. The Morgan fingerprint density at radius 2 is 2.47 bits per heavy atom. The molecule has 6 nitrogen and oxygen atoms in total. The highest BCUT2D eigenvalue weighted by Gasteiger charge is 2.13.